The zero-order valence-corrected chi connectivity index (χ0v) is 21.5. The van der Waals surface area contributed by atoms with E-state index in [1.54, 1.807) is 42.2 Å². The van der Waals surface area contributed by atoms with E-state index in [4.69, 9.17) is 11.6 Å². The molecule has 0 saturated carbocycles. The van der Waals surface area contributed by atoms with Gasteiger partial charge in [-0.15, -0.1) is 0 Å². The summed E-state index contributed by atoms with van der Waals surface area (Å²) in [6.07, 6.45) is 5.20. The molecule has 0 aliphatic heterocycles. The van der Waals surface area contributed by atoms with Crippen LogP contribution in [0.5, 0.6) is 0 Å². The summed E-state index contributed by atoms with van der Waals surface area (Å²) in [4.78, 5) is 30.4. The van der Waals surface area contributed by atoms with Crippen LogP contribution in [0.15, 0.2) is 53.8 Å². The summed E-state index contributed by atoms with van der Waals surface area (Å²) >= 11 is 6.66. The van der Waals surface area contributed by atoms with Crippen LogP contribution in [0.3, 0.4) is 0 Å². The minimum Gasteiger partial charge on any atom is -0.385 e. The van der Waals surface area contributed by atoms with Gasteiger partial charge in [-0.3, -0.25) is 19.3 Å². The molecule has 0 aliphatic carbocycles. The van der Waals surface area contributed by atoms with Crippen LogP contribution in [0.1, 0.15) is 66.9 Å². The highest BCUT2D eigenvalue weighted by atomic mass is 35.5. The second-order valence-corrected chi connectivity index (χ2v) is 9.42. The van der Waals surface area contributed by atoms with Gasteiger partial charge in [0.1, 0.15) is 16.9 Å². The average molecular weight is 508 g/mol. The predicted molar refractivity (Wildman–Crippen MR) is 137 cm³/mol. The van der Waals surface area contributed by atoms with E-state index < -0.39 is 11.9 Å². The molecule has 7 nitrogen and oxygen atoms in total. The molecule has 0 aromatic carbocycles. The van der Waals surface area contributed by atoms with E-state index in [0.717, 1.165) is 17.3 Å². The lowest BCUT2D eigenvalue weighted by Gasteiger charge is -2.23. The summed E-state index contributed by atoms with van der Waals surface area (Å²) in [5.41, 5.74) is 4.24. The van der Waals surface area contributed by atoms with Gasteiger partial charge in [0.25, 0.3) is 5.56 Å². The maximum Gasteiger partial charge on any atom is 0.274 e. The van der Waals surface area contributed by atoms with Crippen LogP contribution in [0, 0.1) is 19.7 Å². The molecule has 0 fully saturated rings. The number of nitrogens with zero attached hydrogens (tertiary/aromatic N) is 5. The van der Waals surface area contributed by atoms with Crippen molar-refractivity contribution in [3.05, 3.63) is 98.5 Å². The standard InChI is InChI=1S/C27H27ClFN5O2/c1-14-11-32-23(22-6-7-31-26(33-22)18(5)35)10-24(14)34-15(2)8-21(25(28)27(34)36)17(4)16(3)19-9-20(29)13-30-12-19/h6-13,16-18,35H,1-5H3/t16-,17?,18?/m0/s1. The Morgan fingerprint density at radius 3 is 2.44 bits per heavy atom. The maximum atomic E-state index is 13.7. The molecule has 0 saturated heterocycles. The first kappa shape index (κ1) is 25.6. The molecular weight excluding hydrogens is 481 g/mol. The first-order chi connectivity index (χ1) is 17.1. The Bertz CT molecular complexity index is 1490. The second-order valence-electron chi connectivity index (χ2n) is 9.04. The Morgan fingerprint density at radius 2 is 1.75 bits per heavy atom. The fourth-order valence-corrected chi connectivity index (χ4v) is 4.52. The van der Waals surface area contributed by atoms with Gasteiger partial charge in [0.05, 0.1) is 23.3 Å². The lowest BCUT2D eigenvalue weighted by Crippen LogP contribution is -2.24. The maximum absolute atomic E-state index is 13.7. The normalized spacial score (nSPS) is 13.9. The topological polar surface area (TPSA) is 93.8 Å². The highest BCUT2D eigenvalue weighted by Crippen LogP contribution is 2.35. The number of aryl methyl sites for hydroxylation is 2. The molecule has 3 atom stereocenters. The van der Waals surface area contributed by atoms with Gasteiger partial charge in [-0.05, 0) is 73.6 Å². The number of hydrogen-bond donors (Lipinski definition) is 1. The van der Waals surface area contributed by atoms with Crippen molar-refractivity contribution in [2.75, 3.05) is 0 Å². The Labute approximate surface area is 213 Å². The van der Waals surface area contributed by atoms with Gasteiger partial charge in [0, 0.05) is 24.3 Å². The van der Waals surface area contributed by atoms with Crippen molar-refractivity contribution >= 4 is 11.6 Å². The van der Waals surface area contributed by atoms with Crippen molar-refractivity contribution in [1.82, 2.24) is 24.5 Å². The largest absolute Gasteiger partial charge is 0.385 e. The first-order valence-corrected chi connectivity index (χ1v) is 12.0. The molecule has 4 aromatic heterocycles. The average Bonchev–Trinajstić information content (AvgIpc) is 2.86. The first-order valence-electron chi connectivity index (χ1n) is 11.6. The summed E-state index contributed by atoms with van der Waals surface area (Å²) in [7, 11) is 0. The Balaban J connectivity index is 1.78. The van der Waals surface area contributed by atoms with Crippen LogP contribution in [0.2, 0.25) is 5.02 Å². The number of aromatic nitrogens is 5. The van der Waals surface area contributed by atoms with Crippen LogP contribution >= 0.6 is 11.6 Å². The van der Waals surface area contributed by atoms with E-state index in [9.17, 15) is 14.3 Å². The van der Waals surface area contributed by atoms with Crippen molar-refractivity contribution < 1.29 is 9.50 Å². The number of pyridine rings is 3. The summed E-state index contributed by atoms with van der Waals surface area (Å²) in [6.45, 7) is 9.22. The molecule has 1 N–H and O–H groups in total. The molecule has 9 heteroatoms. The highest BCUT2D eigenvalue weighted by Gasteiger charge is 2.24. The smallest absolute Gasteiger partial charge is 0.274 e. The van der Waals surface area contributed by atoms with Crippen molar-refractivity contribution in [1.29, 1.82) is 0 Å². The lowest BCUT2D eigenvalue weighted by molar-refractivity contribution is 0.189. The van der Waals surface area contributed by atoms with Crippen LogP contribution in [0.25, 0.3) is 17.1 Å². The minimum atomic E-state index is -0.821. The molecule has 36 heavy (non-hydrogen) atoms. The van der Waals surface area contributed by atoms with Crippen molar-refractivity contribution in [2.45, 2.75) is 52.6 Å². The van der Waals surface area contributed by atoms with E-state index >= 15 is 0 Å². The van der Waals surface area contributed by atoms with Gasteiger partial charge in [-0.1, -0.05) is 25.4 Å². The molecule has 0 aliphatic rings. The third kappa shape index (κ3) is 4.92. The van der Waals surface area contributed by atoms with Crippen LogP contribution in [0.4, 0.5) is 4.39 Å². The van der Waals surface area contributed by atoms with E-state index in [1.807, 2.05) is 33.8 Å². The van der Waals surface area contributed by atoms with Gasteiger partial charge in [-0.2, -0.15) is 0 Å². The summed E-state index contributed by atoms with van der Waals surface area (Å²) in [5.74, 6) is -0.391. The number of hydrogen-bond acceptors (Lipinski definition) is 6. The molecule has 4 rings (SSSR count). The number of aliphatic hydroxyl groups is 1. The van der Waals surface area contributed by atoms with Crippen LogP contribution in [-0.2, 0) is 0 Å². The Kier molecular flexibility index (Phi) is 7.28. The predicted octanol–water partition coefficient (Wildman–Crippen LogP) is 5.45. The molecule has 4 heterocycles. The van der Waals surface area contributed by atoms with Crippen LogP contribution in [-0.4, -0.2) is 29.6 Å². The van der Waals surface area contributed by atoms with Crippen molar-refractivity contribution in [3.63, 3.8) is 0 Å². The summed E-state index contributed by atoms with van der Waals surface area (Å²) in [5, 5.41) is 9.96. The van der Waals surface area contributed by atoms with Crippen molar-refractivity contribution in [2.24, 2.45) is 0 Å². The third-order valence-electron chi connectivity index (χ3n) is 6.48. The van der Waals surface area contributed by atoms with E-state index in [0.29, 0.717) is 28.3 Å². The molecule has 4 aromatic rings. The molecule has 2 unspecified atom stereocenters. The SMILES string of the molecule is Cc1cnc(-c2ccnc(C(C)O)n2)cc1-n1c(C)cc(C(C)[C@H](C)c2cncc(F)c2)c(Cl)c1=O. The van der Waals surface area contributed by atoms with E-state index in [-0.39, 0.29) is 28.2 Å². The number of aliphatic hydroxyl groups excluding tert-OH is 1. The molecule has 0 radical (unpaired) electrons. The van der Waals surface area contributed by atoms with Gasteiger partial charge < -0.3 is 5.11 Å². The molecular formula is C27H27ClFN5O2. The monoisotopic (exact) mass is 507 g/mol. The quantitative estimate of drug-likeness (QED) is 0.372. The zero-order chi connectivity index (χ0) is 26.1. The Morgan fingerprint density at radius 1 is 1.00 bits per heavy atom. The second kappa shape index (κ2) is 10.2. The molecule has 186 valence electrons. The van der Waals surface area contributed by atoms with Gasteiger partial charge >= 0.3 is 0 Å². The minimum absolute atomic E-state index is 0.112. The van der Waals surface area contributed by atoms with Gasteiger partial charge in [0.15, 0.2) is 5.82 Å². The van der Waals surface area contributed by atoms with Gasteiger partial charge in [-0.25, -0.2) is 14.4 Å². The Hall–Kier alpha value is -3.49. The van der Waals surface area contributed by atoms with E-state index in [1.165, 1.54) is 6.07 Å². The summed E-state index contributed by atoms with van der Waals surface area (Å²) in [6, 6.07) is 6.82. The number of rotatable bonds is 6. The molecule has 0 spiro atoms. The number of halogens is 2. The highest BCUT2D eigenvalue weighted by molar-refractivity contribution is 6.31. The lowest BCUT2D eigenvalue weighted by atomic mass is 9.84. The van der Waals surface area contributed by atoms with E-state index in [2.05, 4.69) is 19.9 Å². The fraction of sp³-hybridized carbons (Fsp3) is 0.296. The molecule has 0 amide bonds. The van der Waals surface area contributed by atoms with Crippen LogP contribution < -0.4 is 5.56 Å². The fourth-order valence-electron chi connectivity index (χ4n) is 4.21. The summed E-state index contributed by atoms with van der Waals surface area (Å²) < 4.78 is 15.3. The third-order valence-corrected chi connectivity index (χ3v) is 6.86. The van der Waals surface area contributed by atoms with Crippen molar-refractivity contribution in [3.8, 4) is 17.1 Å². The zero-order valence-electron chi connectivity index (χ0n) is 20.7. The molecule has 0 bridgehead atoms. The van der Waals surface area contributed by atoms with Gasteiger partial charge in [0.2, 0.25) is 0 Å².